The molecule has 0 nitrogen and oxygen atoms in total. The first kappa shape index (κ1) is 27.4. The molecule has 0 N–H and O–H groups in total. The lowest BCUT2D eigenvalue weighted by molar-refractivity contribution is -0.0737. The Morgan fingerprint density at radius 2 is 0.730 bits per heavy atom. The van der Waals surface area contributed by atoms with E-state index in [4.69, 9.17) is 0 Å². The fourth-order valence-corrected chi connectivity index (χ4v) is 18.5. The van der Waals surface area contributed by atoms with Gasteiger partial charge in [-0.25, -0.2) is 0 Å². The van der Waals surface area contributed by atoms with E-state index in [1.54, 1.807) is 51.4 Å². The quantitative estimate of drug-likeness (QED) is 0.315. The van der Waals surface area contributed by atoms with E-state index in [9.17, 15) is 0 Å². The molecule has 6 rings (SSSR count). The van der Waals surface area contributed by atoms with Gasteiger partial charge >= 0.3 is 0 Å². The average molecular weight is 525 g/mol. The van der Waals surface area contributed by atoms with Crippen LogP contribution >= 0.6 is 0 Å². The highest BCUT2D eigenvalue weighted by atomic mass is 28.3. The van der Waals surface area contributed by atoms with Gasteiger partial charge in [0.15, 0.2) is 0 Å². The Kier molecular flexibility index (Phi) is 6.38. The second-order valence-electron chi connectivity index (χ2n) is 19.4. The monoisotopic (exact) mass is 524 g/mol. The lowest BCUT2D eigenvalue weighted by Gasteiger charge is -2.59. The molecule has 0 aromatic rings. The lowest BCUT2D eigenvalue weighted by Crippen LogP contribution is -2.52. The molecule has 0 amide bonds. The summed E-state index contributed by atoms with van der Waals surface area (Å²) in [5.74, 6) is 8.25. The van der Waals surface area contributed by atoms with Crippen LogP contribution in [0.15, 0.2) is 0 Å². The van der Waals surface area contributed by atoms with Crippen molar-refractivity contribution in [2.45, 2.75) is 157 Å². The minimum absolute atomic E-state index is 0.570. The van der Waals surface area contributed by atoms with E-state index in [1.807, 2.05) is 0 Å². The van der Waals surface area contributed by atoms with Crippen molar-refractivity contribution in [3.63, 3.8) is 0 Å². The van der Waals surface area contributed by atoms with Crippen LogP contribution in [0.1, 0.15) is 132 Å². The van der Waals surface area contributed by atoms with Crippen molar-refractivity contribution in [1.82, 2.24) is 0 Å². The van der Waals surface area contributed by atoms with Gasteiger partial charge < -0.3 is 0 Å². The third kappa shape index (κ3) is 4.22. The standard InChI is InChI=1S/C36H64Si/c1-33(2)15-17-35(5,6)29-21-25-23(19-27(29)33)11-13-31(25)37(9,10)32-14-12-24-20-28-30(22-26(24)32)36(7,8)18-16-34(28,3)4/h23-32H,11-22H2,1-10H3. The molecule has 6 aliphatic rings. The average Bonchev–Trinajstić information content (AvgIpc) is 3.43. The van der Waals surface area contributed by atoms with E-state index in [0.717, 1.165) is 58.4 Å². The van der Waals surface area contributed by atoms with Crippen molar-refractivity contribution in [2.24, 2.45) is 69.0 Å². The van der Waals surface area contributed by atoms with Crippen LogP contribution in [0.3, 0.4) is 0 Å². The first-order valence-corrected chi connectivity index (χ1v) is 20.2. The van der Waals surface area contributed by atoms with Crippen LogP contribution in [0.5, 0.6) is 0 Å². The van der Waals surface area contributed by atoms with E-state index in [0.29, 0.717) is 21.7 Å². The molecule has 0 spiro atoms. The molecule has 0 aromatic heterocycles. The Hall–Kier alpha value is 0.217. The zero-order chi connectivity index (χ0) is 26.8. The second-order valence-corrected chi connectivity index (χ2v) is 24.5. The van der Waals surface area contributed by atoms with Gasteiger partial charge in [-0.15, -0.1) is 0 Å². The summed E-state index contributed by atoms with van der Waals surface area (Å²) in [6.45, 7) is 27.0. The Morgan fingerprint density at radius 1 is 0.432 bits per heavy atom. The van der Waals surface area contributed by atoms with Crippen LogP contribution in [0.25, 0.3) is 0 Å². The zero-order valence-corrected chi connectivity index (χ0v) is 27.8. The van der Waals surface area contributed by atoms with Crippen LogP contribution in [0.4, 0.5) is 0 Å². The summed E-state index contributed by atoms with van der Waals surface area (Å²) in [4.78, 5) is 0. The molecule has 6 saturated carbocycles. The number of fused-ring (bicyclic) bond motifs is 4. The summed E-state index contributed by atoms with van der Waals surface area (Å²) in [6.07, 6.45) is 18.6. The first-order valence-electron chi connectivity index (χ1n) is 17.0. The zero-order valence-electron chi connectivity index (χ0n) is 26.8. The van der Waals surface area contributed by atoms with Crippen LogP contribution < -0.4 is 0 Å². The van der Waals surface area contributed by atoms with Crippen LogP contribution in [0, 0.1) is 69.0 Å². The molecule has 10 atom stereocenters. The molecule has 1 heteroatoms. The van der Waals surface area contributed by atoms with Gasteiger partial charge in [-0.1, -0.05) is 94.2 Å². The Bertz CT molecular complexity index is 805. The third-order valence-electron chi connectivity index (χ3n) is 15.8. The molecule has 37 heavy (non-hydrogen) atoms. The molecule has 6 aliphatic carbocycles. The van der Waals surface area contributed by atoms with E-state index >= 15 is 0 Å². The summed E-state index contributed by atoms with van der Waals surface area (Å²) < 4.78 is 0. The third-order valence-corrected chi connectivity index (χ3v) is 21.1. The van der Waals surface area contributed by atoms with Gasteiger partial charge in [0.1, 0.15) is 0 Å². The van der Waals surface area contributed by atoms with Crippen molar-refractivity contribution in [1.29, 1.82) is 0 Å². The van der Waals surface area contributed by atoms with Crippen molar-refractivity contribution >= 4 is 8.07 Å². The van der Waals surface area contributed by atoms with Crippen molar-refractivity contribution in [3.05, 3.63) is 0 Å². The van der Waals surface area contributed by atoms with Gasteiger partial charge in [0, 0.05) is 0 Å². The summed E-state index contributed by atoms with van der Waals surface area (Å²) >= 11 is 0. The Labute approximate surface area is 233 Å². The number of hydrogen-bond donors (Lipinski definition) is 0. The molecular weight excluding hydrogens is 460 g/mol. The minimum Gasteiger partial charge on any atom is -0.0689 e. The van der Waals surface area contributed by atoms with Gasteiger partial charge in [-0.2, -0.15) is 0 Å². The van der Waals surface area contributed by atoms with Gasteiger partial charge in [0.25, 0.3) is 0 Å². The van der Waals surface area contributed by atoms with Crippen molar-refractivity contribution < 1.29 is 0 Å². The fourth-order valence-electron chi connectivity index (χ4n) is 13.1. The maximum Gasteiger partial charge on any atom is 0.0541 e. The van der Waals surface area contributed by atoms with Gasteiger partial charge in [0.2, 0.25) is 0 Å². The Balaban J connectivity index is 1.24. The molecular formula is C36H64Si. The highest BCUT2D eigenvalue weighted by molar-refractivity contribution is 6.80. The number of hydrogen-bond acceptors (Lipinski definition) is 0. The van der Waals surface area contributed by atoms with Crippen LogP contribution in [0.2, 0.25) is 24.2 Å². The van der Waals surface area contributed by atoms with Crippen LogP contribution in [-0.4, -0.2) is 8.07 Å². The SMILES string of the molecule is CC1(C)CCC(C)(C)C2CC3C(CCC3[Si](C)(C)C3CCC4CC5C(CC43)C(C)(C)CCC5(C)C)CC21. The minimum atomic E-state index is -1.33. The topological polar surface area (TPSA) is 0 Å². The largest absolute Gasteiger partial charge is 0.0689 e. The predicted molar refractivity (Wildman–Crippen MR) is 163 cm³/mol. The maximum atomic E-state index is 2.93. The fraction of sp³-hybridized carbons (Fsp3) is 1.00. The van der Waals surface area contributed by atoms with Crippen molar-refractivity contribution in [3.8, 4) is 0 Å². The van der Waals surface area contributed by atoms with Gasteiger partial charge in [-0.05, 0) is 131 Å². The smallest absolute Gasteiger partial charge is 0.0541 e. The molecule has 212 valence electrons. The molecule has 10 unspecified atom stereocenters. The lowest BCUT2D eigenvalue weighted by atomic mass is 9.48. The molecule has 0 radical (unpaired) electrons. The Morgan fingerprint density at radius 3 is 1.05 bits per heavy atom. The molecule has 0 bridgehead atoms. The summed E-state index contributed by atoms with van der Waals surface area (Å²) in [6, 6.07) is 0. The molecule has 0 aromatic carbocycles. The summed E-state index contributed by atoms with van der Waals surface area (Å²) in [5, 5.41) is 0. The molecule has 0 heterocycles. The van der Waals surface area contributed by atoms with E-state index in [2.05, 4.69) is 68.5 Å². The van der Waals surface area contributed by atoms with Crippen LogP contribution in [-0.2, 0) is 0 Å². The van der Waals surface area contributed by atoms with Gasteiger partial charge in [0.05, 0.1) is 8.07 Å². The second kappa shape index (κ2) is 8.61. The number of rotatable bonds is 2. The predicted octanol–water partition coefficient (Wildman–Crippen LogP) is 11.2. The summed E-state index contributed by atoms with van der Waals surface area (Å²) in [7, 11) is -1.33. The van der Waals surface area contributed by atoms with E-state index in [-0.39, 0.29) is 0 Å². The molecule has 6 fully saturated rings. The van der Waals surface area contributed by atoms with E-state index in [1.165, 1.54) is 25.7 Å². The summed E-state index contributed by atoms with van der Waals surface area (Å²) in [5.41, 5.74) is 4.54. The van der Waals surface area contributed by atoms with E-state index < -0.39 is 8.07 Å². The normalized spacial score (nSPS) is 49.5. The van der Waals surface area contributed by atoms with Gasteiger partial charge in [-0.3, -0.25) is 0 Å². The molecule has 0 saturated heterocycles. The molecule has 0 aliphatic heterocycles. The maximum absolute atomic E-state index is 2.93. The highest BCUT2D eigenvalue weighted by Crippen LogP contribution is 2.69. The highest BCUT2D eigenvalue weighted by Gasteiger charge is 2.61. The first-order chi connectivity index (χ1) is 17.0. The van der Waals surface area contributed by atoms with Crippen molar-refractivity contribution in [2.75, 3.05) is 0 Å².